The summed E-state index contributed by atoms with van der Waals surface area (Å²) in [7, 11) is 0. The van der Waals surface area contributed by atoms with Gasteiger partial charge in [-0.2, -0.15) is 5.10 Å². The molecule has 0 radical (unpaired) electrons. The van der Waals surface area contributed by atoms with E-state index in [-0.39, 0.29) is 5.91 Å². The molecule has 5 rings (SSSR count). The van der Waals surface area contributed by atoms with Crippen molar-refractivity contribution in [2.75, 3.05) is 31.1 Å². The number of nitrogens with zero attached hydrogens (tertiary/aromatic N) is 4. The number of rotatable bonds is 4. The number of aryl methyl sites for hydroxylation is 2. The Morgan fingerprint density at radius 2 is 1.81 bits per heavy atom. The van der Waals surface area contributed by atoms with Gasteiger partial charge in [0, 0.05) is 54.8 Å². The number of aromatic nitrogens is 3. The number of hydrogen-bond acceptors (Lipinski definition) is 3. The number of aromatic amines is 1. The van der Waals surface area contributed by atoms with Crippen LogP contribution in [-0.4, -0.2) is 51.8 Å². The Hall–Kier alpha value is -3.54. The molecule has 0 bridgehead atoms. The standard InChI is InChI=1S/C25H27N5O/c1-18-15-19(2)30(27-18)17-25(31)29-13-11-28(12-14-29)24-6-4-3-5-22(24)20-7-8-23-21(16-20)9-10-26-23/h3-10,15-16,26H,11-14,17H2,1-2H3. The van der Waals surface area contributed by atoms with Gasteiger partial charge in [-0.05, 0) is 55.1 Å². The Balaban J connectivity index is 1.31. The van der Waals surface area contributed by atoms with Crippen LogP contribution >= 0.6 is 0 Å². The third-order valence-electron chi connectivity index (χ3n) is 6.13. The highest BCUT2D eigenvalue weighted by Crippen LogP contribution is 2.33. The van der Waals surface area contributed by atoms with Crippen LogP contribution in [0.25, 0.3) is 22.0 Å². The summed E-state index contributed by atoms with van der Waals surface area (Å²) in [4.78, 5) is 20.4. The number of nitrogens with one attached hydrogen (secondary N) is 1. The first-order valence-corrected chi connectivity index (χ1v) is 10.8. The fourth-order valence-corrected chi connectivity index (χ4v) is 4.47. The lowest BCUT2D eigenvalue weighted by Crippen LogP contribution is -2.49. The molecule has 0 saturated carbocycles. The van der Waals surface area contributed by atoms with E-state index in [0.717, 1.165) is 43.1 Å². The van der Waals surface area contributed by atoms with Gasteiger partial charge in [-0.15, -0.1) is 0 Å². The molecule has 0 spiro atoms. The Kier molecular flexibility index (Phi) is 4.98. The first-order chi connectivity index (χ1) is 15.1. The van der Waals surface area contributed by atoms with E-state index in [1.807, 2.05) is 31.0 Å². The fourth-order valence-electron chi connectivity index (χ4n) is 4.47. The number of piperazine rings is 1. The van der Waals surface area contributed by atoms with Gasteiger partial charge >= 0.3 is 0 Å². The van der Waals surface area contributed by atoms with Gasteiger partial charge in [-0.1, -0.05) is 24.3 Å². The minimum absolute atomic E-state index is 0.136. The molecule has 2 aromatic carbocycles. The van der Waals surface area contributed by atoms with Crippen molar-refractivity contribution in [1.82, 2.24) is 19.7 Å². The van der Waals surface area contributed by atoms with Crippen molar-refractivity contribution >= 4 is 22.5 Å². The van der Waals surface area contributed by atoms with Crippen LogP contribution in [0.2, 0.25) is 0 Å². The molecular formula is C25H27N5O. The van der Waals surface area contributed by atoms with E-state index in [9.17, 15) is 4.79 Å². The smallest absolute Gasteiger partial charge is 0.244 e. The number of fused-ring (bicyclic) bond motifs is 1. The summed E-state index contributed by atoms with van der Waals surface area (Å²) in [5.74, 6) is 0.136. The van der Waals surface area contributed by atoms with Crippen LogP contribution in [-0.2, 0) is 11.3 Å². The molecule has 6 nitrogen and oxygen atoms in total. The maximum atomic E-state index is 12.8. The number of H-pyrrole nitrogens is 1. The van der Waals surface area contributed by atoms with E-state index < -0.39 is 0 Å². The summed E-state index contributed by atoms with van der Waals surface area (Å²) in [5, 5.41) is 5.64. The molecule has 2 aromatic heterocycles. The lowest BCUT2D eigenvalue weighted by Gasteiger charge is -2.37. The average molecular weight is 414 g/mol. The van der Waals surface area contributed by atoms with Crippen molar-refractivity contribution < 1.29 is 4.79 Å². The lowest BCUT2D eigenvalue weighted by molar-refractivity contribution is -0.132. The normalized spacial score (nSPS) is 14.4. The van der Waals surface area contributed by atoms with Crippen LogP contribution in [0.4, 0.5) is 5.69 Å². The maximum Gasteiger partial charge on any atom is 0.244 e. The molecule has 0 atom stereocenters. The van der Waals surface area contributed by atoms with Gasteiger partial charge in [0.15, 0.2) is 0 Å². The van der Waals surface area contributed by atoms with Crippen LogP contribution in [0.15, 0.2) is 60.8 Å². The Bertz CT molecular complexity index is 1230. The minimum Gasteiger partial charge on any atom is -0.367 e. The quantitative estimate of drug-likeness (QED) is 0.550. The highest BCUT2D eigenvalue weighted by atomic mass is 16.2. The van der Waals surface area contributed by atoms with E-state index in [0.29, 0.717) is 6.54 Å². The van der Waals surface area contributed by atoms with Crippen molar-refractivity contribution in [1.29, 1.82) is 0 Å². The molecule has 0 aliphatic carbocycles. The molecule has 1 fully saturated rings. The van der Waals surface area contributed by atoms with Crippen LogP contribution in [0, 0.1) is 13.8 Å². The van der Waals surface area contributed by atoms with Crippen LogP contribution in [0.5, 0.6) is 0 Å². The summed E-state index contributed by atoms with van der Waals surface area (Å²) in [6, 6.07) is 19.2. The van der Waals surface area contributed by atoms with Gasteiger partial charge in [-0.25, -0.2) is 0 Å². The largest absolute Gasteiger partial charge is 0.367 e. The van der Waals surface area contributed by atoms with Gasteiger partial charge in [0.25, 0.3) is 0 Å². The molecule has 1 amide bonds. The van der Waals surface area contributed by atoms with Gasteiger partial charge in [0.05, 0.1) is 5.69 Å². The number of hydrogen-bond donors (Lipinski definition) is 1. The van der Waals surface area contributed by atoms with E-state index in [1.165, 1.54) is 22.2 Å². The van der Waals surface area contributed by atoms with Crippen molar-refractivity contribution in [3.8, 4) is 11.1 Å². The highest BCUT2D eigenvalue weighted by Gasteiger charge is 2.23. The van der Waals surface area contributed by atoms with Crippen molar-refractivity contribution in [3.63, 3.8) is 0 Å². The first kappa shape index (κ1) is 19.4. The molecule has 6 heteroatoms. The average Bonchev–Trinajstić information content (AvgIpc) is 3.38. The van der Waals surface area contributed by atoms with E-state index in [2.05, 4.69) is 63.5 Å². The third kappa shape index (κ3) is 3.81. The van der Waals surface area contributed by atoms with Gasteiger partial charge in [-0.3, -0.25) is 9.48 Å². The molecule has 1 aliphatic heterocycles. The second-order valence-electron chi connectivity index (χ2n) is 8.25. The zero-order valence-electron chi connectivity index (χ0n) is 18.0. The van der Waals surface area contributed by atoms with Crippen molar-refractivity contribution in [2.45, 2.75) is 20.4 Å². The van der Waals surface area contributed by atoms with Crippen LogP contribution in [0.3, 0.4) is 0 Å². The topological polar surface area (TPSA) is 57.2 Å². The minimum atomic E-state index is 0.136. The molecule has 1 N–H and O–H groups in total. The molecule has 3 heterocycles. The summed E-state index contributed by atoms with van der Waals surface area (Å²) >= 11 is 0. The summed E-state index contributed by atoms with van der Waals surface area (Å²) < 4.78 is 1.80. The molecule has 0 unspecified atom stereocenters. The monoisotopic (exact) mass is 413 g/mol. The Morgan fingerprint density at radius 1 is 1.00 bits per heavy atom. The predicted molar refractivity (Wildman–Crippen MR) is 124 cm³/mol. The molecular weight excluding hydrogens is 386 g/mol. The second kappa shape index (κ2) is 7.95. The van der Waals surface area contributed by atoms with E-state index >= 15 is 0 Å². The number of carbonyl (C=O) groups is 1. The lowest BCUT2D eigenvalue weighted by atomic mass is 10.0. The summed E-state index contributed by atoms with van der Waals surface area (Å²) in [5.41, 5.74) is 6.79. The molecule has 1 aliphatic rings. The molecule has 1 saturated heterocycles. The fraction of sp³-hybridized carbons (Fsp3) is 0.280. The van der Waals surface area contributed by atoms with Gasteiger partial charge in [0.2, 0.25) is 5.91 Å². The van der Waals surface area contributed by atoms with Gasteiger partial charge < -0.3 is 14.8 Å². The zero-order valence-corrected chi connectivity index (χ0v) is 18.0. The Morgan fingerprint density at radius 3 is 2.58 bits per heavy atom. The number of carbonyl (C=O) groups excluding carboxylic acids is 1. The number of amides is 1. The first-order valence-electron chi connectivity index (χ1n) is 10.8. The number of para-hydroxylation sites is 1. The summed E-state index contributed by atoms with van der Waals surface area (Å²) in [6.07, 6.45) is 1.97. The summed E-state index contributed by atoms with van der Waals surface area (Å²) in [6.45, 7) is 7.36. The number of anilines is 1. The van der Waals surface area contributed by atoms with Crippen molar-refractivity contribution in [2.24, 2.45) is 0 Å². The third-order valence-corrected chi connectivity index (χ3v) is 6.13. The van der Waals surface area contributed by atoms with Crippen LogP contribution < -0.4 is 4.90 Å². The Labute approximate surface area is 182 Å². The van der Waals surface area contributed by atoms with Crippen LogP contribution in [0.1, 0.15) is 11.4 Å². The second-order valence-corrected chi connectivity index (χ2v) is 8.25. The SMILES string of the molecule is Cc1cc(C)n(CC(=O)N2CCN(c3ccccc3-c3ccc4[nH]ccc4c3)CC2)n1. The molecule has 158 valence electrons. The van der Waals surface area contributed by atoms with Crippen molar-refractivity contribution in [3.05, 3.63) is 72.2 Å². The van der Waals surface area contributed by atoms with E-state index in [1.54, 1.807) is 4.68 Å². The van der Waals surface area contributed by atoms with E-state index in [4.69, 9.17) is 0 Å². The van der Waals surface area contributed by atoms with Gasteiger partial charge in [0.1, 0.15) is 6.54 Å². The highest BCUT2D eigenvalue weighted by molar-refractivity contribution is 5.88. The molecule has 31 heavy (non-hydrogen) atoms. The predicted octanol–water partition coefficient (Wildman–Crippen LogP) is 4.00. The maximum absolute atomic E-state index is 12.8. The number of benzene rings is 2. The zero-order chi connectivity index (χ0) is 21.4. The molecule has 4 aromatic rings.